The van der Waals surface area contributed by atoms with Gasteiger partial charge in [0.05, 0.1) is 17.2 Å². The quantitative estimate of drug-likeness (QED) is 0.495. The van der Waals surface area contributed by atoms with Crippen molar-refractivity contribution in [2.45, 2.75) is 51.1 Å². The average Bonchev–Trinajstić information content (AvgIpc) is 2.76. The molecule has 2 aromatic rings. The monoisotopic (exact) mass is 454 g/mol. The Morgan fingerprint density at radius 1 is 1.19 bits per heavy atom. The molecule has 0 aromatic heterocycles. The van der Waals surface area contributed by atoms with Gasteiger partial charge >= 0.3 is 0 Å². The summed E-state index contributed by atoms with van der Waals surface area (Å²) < 4.78 is 0. The van der Waals surface area contributed by atoms with Crippen molar-refractivity contribution >= 4 is 17.5 Å². The van der Waals surface area contributed by atoms with Crippen molar-refractivity contribution < 1.29 is 4.79 Å². The van der Waals surface area contributed by atoms with E-state index in [9.17, 15) is 10.1 Å². The van der Waals surface area contributed by atoms with Crippen molar-refractivity contribution in [1.29, 1.82) is 5.26 Å². The van der Waals surface area contributed by atoms with Gasteiger partial charge < -0.3 is 15.5 Å². The second-order valence-corrected chi connectivity index (χ2v) is 9.58. The van der Waals surface area contributed by atoms with Crippen LogP contribution in [0.1, 0.15) is 49.8 Å². The molecule has 0 saturated carbocycles. The lowest BCUT2D eigenvalue weighted by Crippen LogP contribution is -2.55. The topological polar surface area (TPSA) is 68.2 Å². The molecule has 0 unspecified atom stereocenters. The molecule has 0 radical (unpaired) electrons. The number of amides is 1. The zero-order valence-corrected chi connectivity index (χ0v) is 20.5. The van der Waals surface area contributed by atoms with Crippen LogP contribution in [0.4, 0.5) is 0 Å². The second-order valence-electron chi connectivity index (χ2n) is 9.15. The molecular weight excluding hydrogens is 420 g/mol. The van der Waals surface area contributed by atoms with Crippen LogP contribution < -0.4 is 10.6 Å². The molecule has 2 rings (SSSR count). The van der Waals surface area contributed by atoms with Crippen LogP contribution in [0.2, 0.25) is 5.02 Å². The summed E-state index contributed by atoms with van der Waals surface area (Å²) in [4.78, 5) is 15.2. The van der Waals surface area contributed by atoms with Gasteiger partial charge in [-0.05, 0) is 96.2 Å². The van der Waals surface area contributed by atoms with Gasteiger partial charge in [-0.25, -0.2) is 0 Å². The number of nitrogens with zero attached hydrogens (tertiary/aromatic N) is 2. The number of nitrogens with one attached hydrogen (secondary N) is 2. The highest BCUT2D eigenvalue weighted by molar-refractivity contribution is 6.30. The van der Waals surface area contributed by atoms with E-state index in [0.29, 0.717) is 10.6 Å². The Morgan fingerprint density at radius 3 is 2.50 bits per heavy atom. The van der Waals surface area contributed by atoms with Crippen LogP contribution in [0.3, 0.4) is 0 Å². The molecule has 0 heterocycles. The summed E-state index contributed by atoms with van der Waals surface area (Å²) in [7, 11) is 4.09. The fourth-order valence-corrected chi connectivity index (χ4v) is 3.79. The molecule has 0 aliphatic rings. The van der Waals surface area contributed by atoms with Crippen LogP contribution in [0.15, 0.2) is 48.5 Å². The van der Waals surface area contributed by atoms with E-state index in [1.165, 1.54) is 0 Å². The Kier molecular flexibility index (Phi) is 9.71. The molecule has 0 saturated heterocycles. The fraction of sp³-hybridized carbons (Fsp3) is 0.462. The lowest BCUT2D eigenvalue weighted by atomic mass is 9.85. The molecule has 2 aromatic carbocycles. The van der Waals surface area contributed by atoms with E-state index in [1.807, 2.05) is 77.3 Å². The van der Waals surface area contributed by atoms with Gasteiger partial charge in [-0.2, -0.15) is 5.26 Å². The third kappa shape index (κ3) is 7.94. The third-order valence-corrected chi connectivity index (χ3v) is 5.94. The standard InChI is InChI=1S/C26H35ClN4O/c1-19(30-25(32)26(2,3)29-14-7-15-31(4)5)24(17-20-10-12-23(27)13-11-20)22-9-6-8-21(16-22)18-28/h6,8-13,16,19,24,29H,7,14-15,17H2,1-5H3,(H,30,32)/t19-,24+/m0/s1. The fourth-order valence-electron chi connectivity index (χ4n) is 3.66. The van der Waals surface area contributed by atoms with Crippen molar-refractivity contribution in [3.63, 3.8) is 0 Å². The predicted octanol–water partition coefficient (Wildman–Crippen LogP) is 4.36. The number of carbonyl (C=O) groups excluding carboxylic acids is 1. The number of hydrogen-bond acceptors (Lipinski definition) is 4. The van der Waals surface area contributed by atoms with Gasteiger partial charge in [0.1, 0.15) is 0 Å². The first-order valence-corrected chi connectivity index (χ1v) is 11.5. The number of hydrogen-bond donors (Lipinski definition) is 2. The minimum atomic E-state index is -0.681. The molecule has 5 nitrogen and oxygen atoms in total. The largest absolute Gasteiger partial charge is 0.351 e. The number of carbonyl (C=O) groups is 1. The maximum Gasteiger partial charge on any atom is 0.239 e. The Labute approximate surface area is 197 Å². The van der Waals surface area contributed by atoms with Gasteiger partial charge in [-0.15, -0.1) is 0 Å². The molecule has 2 atom stereocenters. The van der Waals surface area contributed by atoms with E-state index in [1.54, 1.807) is 6.07 Å². The van der Waals surface area contributed by atoms with E-state index in [0.717, 1.165) is 37.1 Å². The van der Waals surface area contributed by atoms with Gasteiger partial charge in [-0.1, -0.05) is 35.9 Å². The molecule has 0 fully saturated rings. The molecule has 32 heavy (non-hydrogen) atoms. The van der Waals surface area contributed by atoms with Gasteiger partial charge in [-0.3, -0.25) is 4.79 Å². The molecule has 2 N–H and O–H groups in total. The number of rotatable bonds is 11. The summed E-state index contributed by atoms with van der Waals surface area (Å²) >= 11 is 6.05. The SMILES string of the molecule is C[C@H](NC(=O)C(C)(C)NCCCN(C)C)[C@@H](Cc1ccc(Cl)cc1)c1cccc(C#N)c1. The summed E-state index contributed by atoms with van der Waals surface area (Å²) in [5.74, 6) is -0.0228. The Hall–Kier alpha value is -2.39. The smallest absolute Gasteiger partial charge is 0.239 e. The van der Waals surface area contributed by atoms with Crippen LogP contribution in [0, 0.1) is 11.3 Å². The van der Waals surface area contributed by atoms with Crippen molar-refractivity contribution in [3.8, 4) is 6.07 Å². The van der Waals surface area contributed by atoms with Gasteiger partial charge in [0, 0.05) is 17.0 Å². The van der Waals surface area contributed by atoms with E-state index in [-0.39, 0.29) is 17.9 Å². The summed E-state index contributed by atoms with van der Waals surface area (Å²) in [5, 5.41) is 16.6. The van der Waals surface area contributed by atoms with Crippen molar-refractivity contribution in [2.75, 3.05) is 27.2 Å². The van der Waals surface area contributed by atoms with Crippen molar-refractivity contribution in [2.24, 2.45) is 0 Å². The highest BCUT2D eigenvalue weighted by Gasteiger charge is 2.30. The average molecular weight is 455 g/mol. The minimum absolute atomic E-state index is 0.0120. The van der Waals surface area contributed by atoms with Crippen LogP contribution in [-0.4, -0.2) is 49.6 Å². The van der Waals surface area contributed by atoms with Gasteiger partial charge in [0.15, 0.2) is 0 Å². The summed E-state index contributed by atoms with van der Waals surface area (Å²) in [5.41, 5.74) is 2.09. The third-order valence-electron chi connectivity index (χ3n) is 5.69. The zero-order valence-electron chi connectivity index (χ0n) is 19.8. The van der Waals surface area contributed by atoms with E-state index in [4.69, 9.17) is 11.6 Å². The maximum absolute atomic E-state index is 13.1. The molecule has 1 amide bonds. The highest BCUT2D eigenvalue weighted by atomic mass is 35.5. The first-order valence-electron chi connectivity index (χ1n) is 11.1. The highest BCUT2D eigenvalue weighted by Crippen LogP contribution is 2.26. The summed E-state index contributed by atoms with van der Waals surface area (Å²) in [6.45, 7) is 7.59. The van der Waals surface area contributed by atoms with E-state index < -0.39 is 5.54 Å². The Balaban J connectivity index is 2.16. The minimum Gasteiger partial charge on any atom is -0.351 e. The van der Waals surface area contributed by atoms with Crippen molar-refractivity contribution in [3.05, 3.63) is 70.2 Å². The van der Waals surface area contributed by atoms with Crippen LogP contribution >= 0.6 is 11.6 Å². The first-order chi connectivity index (χ1) is 15.1. The van der Waals surface area contributed by atoms with E-state index in [2.05, 4.69) is 21.6 Å². The molecular formula is C26H35ClN4O. The predicted molar refractivity (Wildman–Crippen MR) is 132 cm³/mol. The molecule has 0 bridgehead atoms. The van der Waals surface area contributed by atoms with Crippen LogP contribution in [-0.2, 0) is 11.2 Å². The van der Waals surface area contributed by atoms with E-state index >= 15 is 0 Å². The van der Waals surface area contributed by atoms with Crippen molar-refractivity contribution in [1.82, 2.24) is 15.5 Å². The normalized spacial score (nSPS) is 13.4. The van der Waals surface area contributed by atoms with Gasteiger partial charge in [0.2, 0.25) is 5.91 Å². The maximum atomic E-state index is 13.1. The molecule has 6 heteroatoms. The molecule has 0 aliphatic carbocycles. The summed E-state index contributed by atoms with van der Waals surface area (Å²) in [6, 6.07) is 17.5. The number of benzene rings is 2. The molecule has 0 aliphatic heterocycles. The van der Waals surface area contributed by atoms with Crippen LogP contribution in [0.5, 0.6) is 0 Å². The van der Waals surface area contributed by atoms with Crippen LogP contribution in [0.25, 0.3) is 0 Å². The lowest BCUT2D eigenvalue weighted by molar-refractivity contribution is -0.127. The number of nitriles is 1. The first kappa shape index (κ1) is 25.9. The number of halogens is 1. The molecule has 172 valence electrons. The summed E-state index contributed by atoms with van der Waals surface area (Å²) in [6.07, 6.45) is 1.70. The second kappa shape index (κ2) is 12.0. The zero-order chi connectivity index (χ0) is 23.7. The lowest BCUT2D eigenvalue weighted by Gasteiger charge is -2.31. The Morgan fingerprint density at radius 2 is 1.88 bits per heavy atom. The van der Waals surface area contributed by atoms with Gasteiger partial charge in [0.25, 0.3) is 0 Å². The Bertz CT molecular complexity index is 918. The molecule has 0 spiro atoms.